The van der Waals surface area contributed by atoms with Crippen molar-refractivity contribution in [3.05, 3.63) is 24.2 Å². The van der Waals surface area contributed by atoms with E-state index < -0.39 is 5.60 Å². The number of ether oxygens (including phenoxy) is 1. The Bertz CT molecular complexity index is 778. The van der Waals surface area contributed by atoms with E-state index in [1.807, 2.05) is 12.1 Å². The maximum absolute atomic E-state index is 11.8. The van der Waals surface area contributed by atoms with Gasteiger partial charge in [-0.15, -0.1) is 0 Å². The van der Waals surface area contributed by atoms with Gasteiger partial charge in [0, 0.05) is 12.3 Å². The largest absolute Gasteiger partial charge is 0.466 e. The van der Waals surface area contributed by atoms with Gasteiger partial charge in [0.05, 0.1) is 12.9 Å². The first-order chi connectivity index (χ1) is 14.7. The van der Waals surface area contributed by atoms with Gasteiger partial charge in [-0.05, 0) is 92.2 Å². The molecule has 31 heavy (non-hydrogen) atoms. The molecule has 5 heteroatoms. The molecular weight excluding hydrogens is 390 g/mol. The minimum Gasteiger partial charge on any atom is -0.466 e. The van der Waals surface area contributed by atoms with Gasteiger partial charge in [-0.3, -0.25) is 4.79 Å². The highest BCUT2D eigenvalue weighted by molar-refractivity contribution is 5.65. The van der Waals surface area contributed by atoms with E-state index in [9.17, 15) is 9.90 Å². The van der Waals surface area contributed by atoms with Crippen LogP contribution in [0, 0.1) is 40.4 Å². The Balaban J connectivity index is 1.63. The van der Waals surface area contributed by atoms with Crippen molar-refractivity contribution in [2.75, 3.05) is 13.2 Å². The predicted molar refractivity (Wildman–Crippen MR) is 120 cm³/mol. The van der Waals surface area contributed by atoms with E-state index in [-0.39, 0.29) is 16.8 Å². The number of hydrogen-bond donors (Lipinski definition) is 2. The fraction of sp³-hybridized carbons (Fsp3) is 0.808. The Labute approximate surface area is 187 Å². The lowest BCUT2D eigenvalue weighted by molar-refractivity contribution is -0.157. The molecule has 8 atom stereocenters. The van der Waals surface area contributed by atoms with Gasteiger partial charge in [-0.2, -0.15) is 0 Å². The molecule has 3 aliphatic carbocycles. The zero-order valence-electron chi connectivity index (χ0n) is 19.7. The summed E-state index contributed by atoms with van der Waals surface area (Å²) in [5.74, 6) is 2.77. The van der Waals surface area contributed by atoms with Crippen LogP contribution in [0.2, 0.25) is 0 Å². The molecule has 3 saturated carbocycles. The molecule has 1 aromatic heterocycles. The van der Waals surface area contributed by atoms with Gasteiger partial charge in [-0.1, -0.05) is 27.2 Å². The van der Waals surface area contributed by atoms with Crippen molar-refractivity contribution in [3.8, 4) is 0 Å². The number of carbonyl (C=O) groups excluding carboxylic acids is 1. The molecule has 3 fully saturated rings. The SMILES string of the molecule is CC(=O)OC[C@H]1C[C@@H](C)CC[C@]1(C)[C@H]1CC[C@@]2(C)[C@@H](CC[C@@]2(O)c2ccco2)[C@@H]1CN. The van der Waals surface area contributed by atoms with Crippen LogP contribution < -0.4 is 5.73 Å². The number of esters is 1. The second kappa shape index (κ2) is 8.22. The lowest BCUT2D eigenvalue weighted by atomic mass is 9.48. The Morgan fingerprint density at radius 1 is 1.23 bits per heavy atom. The Hall–Kier alpha value is -1.33. The molecule has 5 nitrogen and oxygen atoms in total. The van der Waals surface area contributed by atoms with Crippen LogP contribution >= 0.6 is 0 Å². The summed E-state index contributed by atoms with van der Waals surface area (Å²) < 4.78 is 11.3. The molecule has 0 saturated heterocycles. The number of rotatable bonds is 5. The average molecular weight is 432 g/mol. The van der Waals surface area contributed by atoms with Crippen LogP contribution in [-0.2, 0) is 15.1 Å². The second-order valence-corrected chi connectivity index (χ2v) is 11.3. The predicted octanol–water partition coefficient (Wildman–Crippen LogP) is 4.87. The van der Waals surface area contributed by atoms with Crippen molar-refractivity contribution in [2.45, 2.75) is 78.2 Å². The number of nitrogens with two attached hydrogens (primary N) is 1. The van der Waals surface area contributed by atoms with Gasteiger partial charge in [0.25, 0.3) is 0 Å². The molecule has 0 spiro atoms. The minimum atomic E-state index is -0.918. The molecule has 0 bridgehead atoms. The number of carbonyl (C=O) groups is 1. The van der Waals surface area contributed by atoms with E-state index in [1.54, 1.807) is 6.26 Å². The van der Waals surface area contributed by atoms with Crippen LogP contribution in [-0.4, -0.2) is 24.2 Å². The van der Waals surface area contributed by atoms with E-state index in [2.05, 4.69) is 20.8 Å². The first-order valence-electron chi connectivity index (χ1n) is 12.3. The summed E-state index contributed by atoms with van der Waals surface area (Å²) in [4.78, 5) is 11.6. The quantitative estimate of drug-likeness (QED) is 0.649. The molecule has 0 unspecified atom stereocenters. The number of hydrogen-bond acceptors (Lipinski definition) is 5. The van der Waals surface area contributed by atoms with Crippen molar-refractivity contribution in [1.82, 2.24) is 0 Å². The smallest absolute Gasteiger partial charge is 0.302 e. The van der Waals surface area contributed by atoms with E-state index in [0.29, 0.717) is 48.5 Å². The Morgan fingerprint density at radius 3 is 2.61 bits per heavy atom. The van der Waals surface area contributed by atoms with Crippen molar-refractivity contribution in [2.24, 2.45) is 46.2 Å². The fourth-order valence-electron chi connectivity index (χ4n) is 7.97. The maximum atomic E-state index is 11.8. The molecule has 3 aliphatic rings. The summed E-state index contributed by atoms with van der Waals surface area (Å²) in [5, 5.41) is 11.8. The molecule has 1 aromatic rings. The molecule has 0 aliphatic heterocycles. The summed E-state index contributed by atoms with van der Waals surface area (Å²) >= 11 is 0. The van der Waals surface area contributed by atoms with Crippen molar-refractivity contribution >= 4 is 5.97 Å². The lowest BCUT2D eigenvalue weighted by Gasteiger charge is -2.58. The highest BCUT2D eigenvalue weighted by Crippen LogP contribution is 2.67. The topological polar surface area (TPSA) is 85.7 Å². The van der Waals surface area contributed by atoms with E-state index in [4.69, 9.17) is 14.9 Å². The van der Waals surface area contributed by atoms with Gasteiger partial charge in [0.15, 0.2) is 0 Å². The van der Waals surface area contributed by atoms with Gasteiger partial charge in [0.1, 0.15) is 11.4 Å². The third kappa shape index (κ3) is 3.56. The van der Waals surface area contributed by atoms with Crippen LogP contribution in [0.15, 0.2) is 22.8 Å². The van der Waals surface area contributed by atoms with Crippen LogP contribution in [0.3, 0.4) is 0 Å². The third-order valence-electron chi connectivity index (χ3n) is 9.92. The summed E-state index contributed by atoms with van der Waals surface area (Å²) in [6.45, 7) is 9.67. The molecule has 4 rings (SSSR count). The van der Waals surface area contributed by atoms with Crippen molar-refractivity contribution in [3.63, 3.8) is 0 Å². The molecule has 0 amide bonds. The highest BCUT2D eigenvalue weighted by atomic mass is 16.5. The first-order valence-corrected chi connectivity index (χ1v) is 12.3. The normalized spacial score (nSPS) is 45.3. The van der Waals surface area contributed by atoms with Crippen molar-refractivity contribution < 1.29 is 19.1 Å². The molecule has 0 aromatic carbocycles. The van der Waals surface area contributed by atoms with Crippen LogP contribution in [0.4, 0.5) is 0 Å². The number of aliphatic hydroxyl groups is 1. The summed E-state index contributed by atoms with van der Waals surface area (Å²) in [6.07, 6.45) is 8.89. The molecule has 3 N–H and O–H groups in total. The number of furan rings is 1. The molecule has 174 valence electrons. The zero-order chi connectivity index (χ0) is 22.4. The summed E-state index contributed by atoms with van der Waals surface area (Å²) in [7, 11) is 0. The molecule has 1 heterocycles. The van der Waals surface area contributed by atoms with Gasteiger partial charge < -0.3 is 20.0 Å². The van der Waals surface area contributed by atoms with Crippen LogP contribution in [0.5, 0.6) is 0 Å². The highest BCUT2D eigenvalue weighted by Gasteiger charge is 2.64. The Kier molecular flexibility index (Phi) is 6.06. The first kappa shape index (κ1) is 22.8. The Morgan fingerprint density at radius 2 is 1.97 bits per heavy atom. The fourth-order valence-corrected chi connectivity index (χ4v) is 7.97. The second-order valence-electron chi connectivity index (χ2n) is 11.3. The standard InChI is InChI=1S/C26H41NO4/c1-17-7-10-24(3,19(14-17)16-31-18(2)28)21-8-11-25(4)22(20(21)15-27)9-12-26(25,29)23-6-5-13-30-23/h5-6,13,17,19-22,29H,7-12,14-16,27H2,1-4H3/t17-,19+,20+,21-,22-,24-,25-,26+/m0/s1. The summed E-state index contributed by atoms with van der Waals surface area (Å²) in [5.41, 5.74) is 5.45. The van der Waals surface area contributed by atoms with E-state index in [1.165, 1.54) is 13.3 Å². The van der Waals surface area contributed by atoms with Crippen LogP contribution in [0.1, 0.15) is 78.4 Å². The third-order valence-corrected chi connectivity index (χ3v) is 9.92. The minimum absolute atomic E-state index is 0.110. The van der Waals surface area contributed by atoms with E-state index in [0.717, 1.165) is 38.5 Å². The van der Waals surface area contributed by atoms with Gasteiger partial charge in [-0.25, -0.2) is 0 Å². The summed E-state index contributed by atoms with van der Waals surface area (Å²) in [6, 6.07) is 3.80. The van der Waals surface area contributed by atoms with E-state index >= 15 is 0 Å². The van der Waals surface area contributed by atoms with Gasteiger partial charge in [0.2, 0.25) is 0 Å². The maximum Gasteiger partial charge on any atom is 0.302 e. The van der Waals surface area contributed by atoms with Crippen LogP contribution in [0.25, 0.3) is 0 Å². The lowest BCUT2D eigenvalue weighted by Crippen LogP contribution is -2.55. The van der Waals surface area contributed by atoms with Crippen molar-refractivity contribution in [1.29, 1.82) is 0 Å². The zero-order valence-corrected chi connectivity index (χ0v) is 19.7. The number of fused-ring (bicyclic) bond motifs is 1. The molecular formula is C26H41NO4. The van der Waals surface area contributed by atoms with Gasteiger partial charge >= 0.3 is 5.97 Å². The monoisotopic (exact) mass is 431 g/mol. The molecule has 0 radical (unpaired) electrons. The average Bonchev–Trinajstić information content (AvgIpc) is 3.36.